The SMILES string of the molecule is COC1(CNC(=O)c2cc(=O)c3ccccc3o2)C2CC3CC(C2)CC1C3. The molecule has 1 aromatic carbocycles. The van der Waals surface area contributed by atoms with Crippen LogP contribution in [0.25, 0.3) is 11.0 Å². The highest BCUT2D eigenvalue weighted by Gasteiger charge is 2.57. The minimum absolute atomic E-state index is 0.0637. The van der Waals surface area contributed by atoms with Crippen LogP contribution in [0.2, 0.25) is 0 Å². The van der Waals surface area contributed by atoms with Crippen LogP contribution in [0.1, 0.15) is 42.7 Å². The van der Waals surface area contributed by atoms with Crippen molar-refractivity contribution in [3.05, 3.63) is 46.3 Å². The molecule has 142 valence electrons. The van der Waals surface area contributed by atoms with Gasteiger partial charge < -0.3 is 14.5 Å². The fourth-order valence-electron chi connectivity index (χ4n) is 6.20. The molecule has 4 fully saturated rings. The van der Waals surface area contributed by atoms with Gasteiger partial charge in [-0.05, 0) is 67.9 Å². The number of nitrogens with one attached hydrogen (secondary N) is 1. The second-order valence-electron chi connectivity index (χ2n) is 8.62. The summed E-state index contributed by atoms with van der Waals surface area (Å²) in [6.07, 6.45) is 6.22. The number of methoxy groups -OCH3 is 1. The van der Waals surface area contributed by atoms with Crippen LogP contribution in [0, 0.1) is 23.7 Å². The zero-order chi connectivity index (χ0) is 18.6. The second-order valence-corrected chi connectivity index (χ2v) is 8.62. The third-order valence-electron chi connectivity index (χ3n) is 7.28. The molecule has 0 saturated heterocycles. The average Bonchev–Trinajstić information content (AvgIpc) is 2.67. The number of amides is 1. The summed E-state index contributed by atoms with van der Waals surface area (Å²) in [5, 5.41) is 3.50. The number of hydrogen-bond donors (Lipinski definition) is 1. The lowest BCUT2D eigenvalue weighted by Gasteiger charge is -2.60. The summed E-state index contributed by atoms with van der Waals surface area (Å²) < 4.78 is 11.8. The van der Waals surface area contributed by atoms with E-state index in [1.54, 1.807) is 31.4 Å². The molecule has 1 N–H and O–H groups in total. The molecule has 0 aliphatic heterocycles. The van der Waals surface area contributed by atoms with Gasteiger partial charge in [-0.3, -0.25) is 9.59 Å². The Balaban J connectivity index is 1.38. The molecule has 1 aromatic heterocycles. The van der Waals surface area contributed by atoms with E-state index in [0.29, 0.717) is 29.3 Å². The van der Waals surface area contributed by atoms with Crippen LogP contribution in [0.3, 0.4) is 0 Å². The van der Waals surface area contributed by atoms with E-state index in [-0.39, 0.29) is 22.7 Å². The lowest BCUT2D eigenvalue weighted by atomic mass is 9.49. The topological polar surface area (TPSA) is 68.5 Å². The van der Waals surface area contributed by atoms with Gasteiger partial charge in [0.2, 0.25) is 0 Å². The number of benzene rings is 1. The molecule has 5 heteroatoms. The number of hydrogen-bond acceptors (Lipinski definition) is 4. The minimum Gasteiger partial charge on any atom is -0.451 e. The van der Waals surface area contributed by atoms with Crippen LogP contribution < -0.4 is 10.7 Å². The molecule has 2 aromatic rings. The van der Waals surface area contributed by atoms with E-state index in [9.17, 15) is 9.59 Å². The van der Waals surface area contributed by atoms with E-state index in [1.807, 2.05) is 0 Å². The largest absolute Gasteiger partial charge is 0.451 e. The molecule has 4 aliphatic rings. The Labute approximate surface area is 158 Å². The summed E-state index contributed by atoms with van der Waals surface area (Å²) in [4.78, 5) is 25.0. The fraction of sp³-hybridized carbons (Fsp3) is 0.545. The quantitative estimate of drug-likeness (QED) is 0.900. The fourth-order valence-corrected chi connectivity index (χ4v) is 6.20. The Morgan fingerprint density at radius 2 is 1.81 bits per heavy atom. The first-order valence-corrected chi connectivity index (χ1v) is 9.95. The number of fused-ring (bicyclic) bond motifs is 1. The molecule has 5 nitrogen and oxygen atoms in total. The predicted octanol–water partition coefficient (Wildman–Crippen LogP) is 3.36. The third kappa shape index (κ3) is 2.63. The Bertz CT molecular complexity index is 919. The monoisotopic (exact) mass is 367 g/mol. The van der Waals surface area contributed by atoms with Crippen LogP contribution in [0.4, 0.5) is 0 Å². The van der Waals surface area contributed by atoms with E-state index in [4.69, 9.17) is 9.15 Å². The Morgan fingerprint density at radius 1 is 1.15 bits per heavy atom. The number of carbonyl (C=O) groups is 1. The standard InChI is InChI=1S/C22H25NO4/c1-26-22(15-7-13-6-14(9-15)10-16(22)8-13)12-23-21(25)20-11-18(24)17-4-2-3-5-19(17)27-20/h2-5,11,13-16H,6-10,12H2,1H3,(H,23,25). The van der Waals surface area contributed by atoms with Crippen LogP contribution in [0.15, 0.2) is 39.5 Å². The van der Waals surface area contributed by atoms with Gasteiger partial charge in [0.1, 0.15) is 5.58 Å². The molecule has 1 amide bonds. The van der Waals surface area contributed by atoms with Gasteiger partial charge in [-0.1, -0.05) is 12.1 Å². The van der Waals surface area contributed by atoms with Crippen molar-refractivity contribution >= 4 is 16.9 Å². The maximum atomic E-state index is 12.7. The van der Waals surface area contributed by atoms with Gasteiger partial charge in [0, 0.05) is 19.7 Å². The van der Waals surface area contributed by atoms with Crippen molar-refractivity contribution in [3.63, 3.8) is 0 Å². The van der Waals surface area contributed by atoms with Crippen LogP contribution in [-0.2, 0) is 4.74 Å². The van der Waals surface area contributed by atoms with E-state index in [0.717, 1.165) is 11.8 Å². The minimum atomic E-state index is -0.344. The summed E-state index contributed by atoms with van der Waals surface area (Å²) in [5.74, 6) is 2.43. The van der Waals surface area contributed by atoms with Gasteiger partial charge in [-0.25, -0.2) is 0 Å². The molecule has 0 atom stereocenters. The first-order valence-electron chi connectivity index (χ1n) is 9.95. The van der Waals surface area contributed by atoms with Crippen molar-refractivity contribution in [2.24, 2.45) is 23.7 Å². The molecule has 4 aliphatic carbocycles. The lowest BCUT2D eigenvalue weighted by molar-refractivity contribution is -0.186. The number of carbonyl (C=O) groups excluding carboxylic acids is 1. The molecule has 0 spiro atoms. The summed E-state index contributed by atoms with van der Waals surface area (Å²) in [7, 11) is 1.78. The molecule has 27 heavy (non-hydrogen) atoms. The predicted molar refractivity (Wildman–Crippen MR) is 102 cm³/mol. The van der Waals surface area contributed by atoms with E-state index >= 15 is 0 Å². The third-order valence-corrected chi connectivity index (χ3v) is 7.28. The highest BCUT2D eigenvalue weighted by Crippen LogP contribution is 2.59. The number of rotatable bonds is 4. The van der Waals surface area contributed by atoms with Gasteiger partial charge in [0.15, 0.2) is 11.2 Å². The first kappa shape index (κ1) is 17.0. The Hall–Kier alpha value is -2.14. The Morgan fingerprint density at radius 3 is 2.48 bits per heavy atom. The molecule has 4 saturated carbocycles. The zero-order valence-electron chi connectivity index (χ0n) is 15.6. The van der Waals surface area contributed by atoms with Gasteiger partial charge in [0.05, 0.1) is 11.0 Å². The van der Waals surface area contributed by atoms with Gasteiger partial charge >= 0.3 is 0 Å². The molecular weight excluding hydrogens is 342 g/mol. The van der Waals surface area contributed by atoms with Crippen molar-refractivity contribution in [3.8, 4) is 0 Å². The van der Waals surface area contributed by atoms with Crippen molar-refractivity contribution in [2.45, 2.75) is 37.7 Å². The smallest absolute Gasteiger partial charge is 0.287 e. The van der Waals surface area contributed by atoms with Crippen molar-refractivity contribution in [2.75, 3.05) is 13.7 Å². The Kier molecular flexibility index (Phi) is 3.90. The zero-order valence-corrected chi connectivity index (χ0v) is 15.6. The average molecular weight is 367 g/mol. The number of para-hydroxylation sites is 1. The normalized spacial score (nSPS) is 34.1. The highest BCUT2D eigenvalue weighted by atomic mass is 16.5. The maximum Gasteiger partial charge on any atom is 0.287 e. The van der Waals surface area contributed by atoms with Gasteiger partial charge in [0.25, 0.3) is 5.91 Å². The summed E-state index contributed by atoms with van der Waals surface area (Å²) in [5.41, 5.74) is -0.0375. The van der Waals surface area contributed by atoms with Crippen molar-refractivity contribution in [1.29, 1.82) is 0 Å². The van der Waals surface area contributed by atoms with E-state index < -0.39 is 0 Å². The molecule has 0 radical (unpaired) electrons. The summed E-state index contributed by atoms with van der Waals surface area (Å²) in [6.45, 7) is 0.480. The van der Waals surface area contributed by atoms with Crippen LogP contribution >= 0.6 is 0 Å². The molecule has 6 rings (SSSR count). The van der Waals surface area contributed by atoms with Crippen molar-refractivity contribution < 1.29 is 13.9 Å². The van der Waals surface area contributed by atoms with Crippen LogP contribution in [0.5, 0.6) is 0 Å². The summed E-state index contributed by atoms with van der Waals surface area (Å²) >= 11 is 0. The maximum absolute atomic E-state index is 12.7. The highest BCUT2D eigenvalue weighted by molar-refractivity contribution is 5.93. The molecular formula is C22H25NO4. The first-order chi connectivity index (χ1) is 13.1. The van der Waals surface area contributed by atoms with E-state index in [2.05, 4.69) is 5.32 Å². The second kappa shape index (κ2) is 6.20. The van der Waals surface area contributed by atoms with Gasteiger partial charge in [-0.15, -0.1) is 0 Å². The van der Waals surface area contributed by atoms with Crippen LogP contribution in [-0.4, -0.2) is 25.2 Å². The van der Waals surface area contributed by atoms with E-state index in [1.165, 1.54) is 38.2 Å². The molecule has 0 unspecified atom stereocenters. The van der Waals surface area contributed by atoms with Gasteiger partial charge in [-0.2, -0.15) is 0 Å². The summed E-state index contributed by atoms with van der Waals surface area (Å²) in [6, 6.07) is 8.28. The molecule has 4 bridgehead atoms. The number of ether oxygens (including phenoxy) is 1. The lowest BCUT2D eigenvalue weighted by Crippen LogP contribution is -2.63. The van der Waals surface area contributed by atoms with Crippen molar-refractivity contribution in [1.82, 2.24) is 5.32 Å². The molecule has 1 heterocycles.